The minimum atomic E-state index is -0.764. The van der Waals surface area contributed by atoms with Gasteiger partial charge in [0.05, 0.1) is 30.5 Å². The summed E-state index contributed by atoms with van der Waals surface area (Å²) in [6, 6.07) is 10.4. The lowest BCUT2D eigenvalue weighted by Crippen LogP contribution is -2.32. The smallest absolute Gasteiger partial charge is 0.295 e. The quantitative estimate of drug-likeness (QED) is 0.193. The third kappa shape index (κ3) is 4.73. The van der Waals surface area contributed by atoms with Crippen LogP contribution in [0.1, 0.15) is 54.7 Å². The second kappa shape index (κ2) is 11.0. The van der Waals surface area contributed by atoms with E-state index in [2.05, 4.69) is 11.9 Å². The molecule has 1 unspecified atom stereocenters. The molecule has 1 aliphatic rings. The van der Waals surface area contributed by atoms with E-state index < -0.39 is 17.7 Å². The van der Waals surface area contributed by atoms with Crippen molar-refractivity contribution in [1.82, 2.24) is 14.3 Å². The van der Waals surface area contributed by atoms with Gasteiger partial charge >= 0.3 is 0 Å². The standard InChI is InChI=1S/C28H33N3O5/c1-5-6-7-16-36-21-12-10-20(11-13-21)24-22(26(33)28(34)31(24)15-17-35-4)25(32)23-19(3)30-14-8-9-18(2)27(30)29-23/h8-14,24,32H,5-7,15-17H2,1-4H3/b25-22+. The molecule has 3 aromatic rings. The molecule has 1 N–H and O–H groups in total. The Bertz CT molecular complexity index is 1290. The molecule has 0 bridgehead atoms. The number of pyridine rings is 1. The summed E-state index contributed by atoms with van der Waals surface area (Å²) in [5.74, 6) is -0.966. The number of carbonyl (C=O) groups is 2. The van der Waals surface area contributed by atoms with Gasteiger partial charge in [0, 0.05) is 19.9 Å². The van der Waals surface area contributed by atoms with Gasteiger partial charge in [-0.05, 0) is 49.6 Å². The van der Waals surface area contributed by atoms with Crippen molar-refractivity contribution in [3.05, 3.63) is 70.7 Å². The van der Waals surface area contributed by atoms with Crippen molar-refractivity contribution in [3.63, 3.8) is 0 Å². The van der Waals surface area contributed by atoms with Crippen molar-refractivity contribution in [3.8, 4) is 5.75 Å². The summed E-state index contributed by atoms with van der Waals surface area (Å²) >= 11 is 0. The zero-order chi connectivity index (χ0) is 25.8. The van der Waals surface area contributed by atoms with Crippen molar-refractivity contribution < 1.29 is 24.2 Å². The summed E-state index contributed by atoms with van der Waals surface area (Å²) in [7, 11) is 1.54. The van der Waals surface area contributed by atoms with Crippen LogP contribution in [0.15, 0.2) is 48.2 Å². The molecule has 190 valence electrons. The highest BCUT2D eigenvalue weighted by molar-refractivity contribution is 6.46. The number of hydrogen-bond acceptors (Lipinski definition) is 6. The molecule has 36 heavy (non-hydrogen) atoms. The van der Waals surface area contributed by atoms with Gasteiger partial charge in [-0.25, -0.2) is 4.98 Å². The van der Waals surface area contributed by atoms with E-state index in [1.54, 1.807) is 7.11 Å². The van der Waals surface area contributed by atoms with Gasteiger partial charge in [-0.2, -0.15) is 0 Å². The molecule has 0 saturated carbocycles. The van der Waals surface area contributed by atoms with Gasteiger partial charge in [-0.3, -0.25) is 9.59 Å². The Labute approximate surface area is 211 Å². The largest absolute Gasteiger partial charge is 0.505 e. The molecule has 8 nitrogen and oxygen atoms in total. The molecule has 8 heteroatoms. The average molecular weight is 492 g/mol. The highest BCUT2D eigenvalue weighted by Gasteiger charge is 2.46. The van der Waals surface area contributed by atoms with Crippen LogP contribution in [0.5, 0.6) is 5.75 Å². The fourth-order valence-corrected chi connectivity index (χ4v) is 4.61. The van der Waals surface area contributed by atoms with E-state index in [0.29, 0.717) is 23.5 Å². The van der Waals surface area contributed by atoms with Crippen LogP contribution in [0.25, 0.3) is 11.4 Å². The number of likely N-dealkylation sites (tertiary alicyclic amines) is 1. The number of nitrogens with zero attached hydrogens (tertiary/aromatic N) is 3. The SMILES string of the molecule is CCCCCOc1ccc(C2/C(=C(\O)c3nc4c(C)cccn4c3C)C(=O)C(=O)N2CCOC)cc1. The predicted octanol–water partition coefficient (Wildman–Crippen LogP) is 4.59. The van der Waals surface area contributed by atoms with Crippen LogP contribution < -0.4 is 4.74 Å². The summed E-state index contributed by atoms with van der Waals surface area (Å²) in [6.07, 6.45) is 5.06. The first-order chi connectivity index (χ1) is 17.4. The lowest BCUT2D eigenvalue weighted by molar-refractivity contribution is -0.140. The minimum absolute atomic E-state index is 0.0249. The van der Waals surface area contributed by atoms with Crippen molar-refractivity contribution in [2.45, 2.75) is 46.1 Å². The van der Waals surface area contributed by atoms with E-state index in [9.17, 15) is 14.7 Å². The molecule has 2 aromatic heterocycles. The van der Waals surface area contributed by atoms with Crippen LogP contribution in [-0.2, 0) is 14.3 Å². The van der Waals surface area contributed by atoms with Crippen LogP contribution in [-0.4, -0.2) is 57.9 Å². The molecule has 1 amide bonds. The molecular formula is C28H33N3O5. The van der Waals surface area contributed by atoms with Crippen LogP contribution >= 0.6 is 0 Å². The summed E-state index contributed by atoms with van der Waals surface area (Å²) in [6.45, 7) is 7.00. The lowest BCUT2D eigenvalue weighted by atomic mass is 9.96. The zero-order valence-electron chi connectivity index (χ0n) is 21.3. The number of rotatable bonds is 10. The van der Waals surface area contributed by atoms with E-state index in [1.807, 2.05) is 60.8 Å². The second-order valence-corrected chi connectivity index (χ2v) is 9.04. The van der Waals surface area contributed by atoms with Crippen molar-refractivity contribution in [2.75, 3.05) is 26.9 Å². The Morgan fingerprint density at radius 2 is 1.83 bits per heavy atom. The number of unbranched alkanes of at least 4 members (excludes halogenated alkanes) is 2. The topological polar surface area (TPSA) is 93.4 Å². The number of amides is 1. The van der Waals surface area contributed by atoms with Gasteiger partial charge < -0.3 is 23.9 Å². The monoisotopic (exact) mass is 491 g/mol. The molecule has 0 spiro atoms. The van der Waals surface area contributed by atoms with Gasteiger partial charge in [0.25, 0.3) is 11.7 Å². The Hall–Kier alpha value is -3.65. The Balaban J connectivity index is 1.77. The van der Waals surface area contributed by atoms with Crippen molar-refractivity contribution in [2.24, 2.45) is 0 Å². The number of aliphatic hydroxyl groups is 1. The maximum atomic E-state index is 13.2. The van der Waals surface area contributed by atoms with Gasteiger partial charge in [-0.1, -0.05) is 38.0 Å². The molecule has 1 atom stereocenters. The van der Waals surface area contributed by atoms with E-state index in [-0.39, 0.29) is 30.2 Å². The number of methoxy groups -OCH3 is 1. The van der Waals surface area contributed by atoms with Crippen molar-refractivity contribution >= 4 is 23.1 Å². The van der Waals surface area contributed by atoms with E-state index in [1.165, 1.54) is 4.90 Å². The highest BCUT2D eigenvalue weighted by Crippen LogP contribution is 2.40. The first-order valence-corrected chi connectivity index (χ1v) is 12.3. The minimum Gasteiger partial charge on any atom is -0.505 e. The van der Waals surface area contributed by atoms with Crippen LogP contribution in [0, 0.1) is 13.8 Å². The number of Topliss-reactive ketones (excluding diaryl/α,β-unsaturated/α-hetero) is 1. The normalized spacial score (nSPS) is 17.3. The van der Waals surface area contributed by atoms with Crippen LogP contribution in [0.4, 0.5) is 0 Å². The van der Waals surface area contributed by atoms with Gasteiger partial charge in [0.1, 0.15) is 17.1 Å². The Morgan fingerprint density at radius 3 is 2.50 bits per heavy atom. The Morgan fingerprint density at radius 1 is 1.08 bits per heavy atom. The van der Waals surface area contributed by atoms with Crippen LogP contribution in [0.2, 0.25) is 0 Å². The average Bonchev–Trinajstić information content (AvgIpc) is 3.35. The fraction of sp³-hybridized carbons (Fsp3) is 0.393. The molecule has 1 fully saturated rings. The summed E-state index contributed by atoms with van der Waals surface area (Å²) in [5, 5.41) is 11.4. The maximum Gasteiger partial charge on any atom is 0.295 e. The number of ether oxygens (including phenoxy) is 2. The summed E-state index contributed by atoms with van der Waals surface area (Å²) in [4.78, 5) is 32.4. The third-order valence-corrected chi connectivity index (χ3v) is 6.60. The molecule has 0 aliphatic carbocycles. The number of ketones is 1. The number of carbonyl (C=O) groups excluding carboxylic acids is 2. The lowest BCUT2D eigenvalue weighted by Gasteiger charge is -2.25. The van der Waals surface area contributed by atoms with Gasteiger partial charge in [-0.15, -0.1) is 0 Å². The van der Waals surface area contributed by atoms with Crippen LogP contribution in [0.3, 0.4) is 0 Å². The molecule has 4 rings (SSSR count). The number of fused-ring (bicyclic) bond motifs is 1. The Kier molecular flexibility index (Phi) is 7.74. The summed E-state index contributed by atoms with van der Waals surface area (Å²) in [5.41, 5.74) is 3.32. The van der Waals surface area contributed by atoms with E-state index >= 15 is 0 Å². The number of aromatic nitrogens is 2. The van der Waals surface area contributed by atoms with E-state index in [0.717, 1.165) is 30.6 Å². The molecule has 1 aliphatic heterocycles. The molecule has 0 radical (unpaired) electrons. The first-order valence-electron chi connectivity index (χ1n) is 12.3. The van der Waals surface area contributed by atoms with Gasteiger partial charge in [0.2, 0.25) is 0 Å². The number of aryl methyl sites for hydroxylation is 2. The third-order valence-electron chi connectivity index (χ3n) is 6.60. The highest BCUT2D eigenvalue weighted by atomic mass is 16.5. The maximum absolute atomic E-state index is 13.2. The first kappa shape index (κ1) is 25.4. The summed E-state index contributed by atoms with van der Waals surface area (Å²) < 4.78 is 12.9. The van der Waals surface area contributed by atoms with Gasteiger partial charge in [0.15, 0.2) is 5.76 Å². The molecule has 3 heterocycles. The number of benzene rings is 1. The molecular weight excluding hydrogens is 458 g/mol. The number of aliphatic hydroxyl groups excluding tert-OH is 1. The molecule has 1 aromatic carbocycles. The van der Waals surface area contributed by atoms with E-state index in [4.69, 9.17) is 9.47 Å². The number of hydrogen-bond donors (Lipinski definition) is 1. The predicted molar refractivity (Wildman–Crippen MR) is 137 cm³/mol. The molecule has 1 saturated heterocycles. The zero-order valence-corrected chi connectivity index (χ0v) is 21.3. The second-order valence-electron chi connectivity index (χ2n) is 9.04. The van der Waals surface area contributed by atoms with Crippen molar-refractivity contribution in [1.29, 1.82) is 0 Å². The number of imidazole rings is 1. The fourth-order valence-electron chi connectivity index (χ4n) is 4.61.